The minimum atomic E-state index is -0.659. The number of aliphatic carboxylic acids is 2. The summed E-state index contributed by atoms with van der Waals surface area (Å²) in [6, 6.07) is 0. The van der Waals surface area contributed by atoms with E-state index < -0.39 is 11.9 Å². The number of carboxylic acid groups (broad SMARTS) is 2. The fourth-order valence-corrected chi connectivity index (χ4v) is 3.78. The fourth-order valence-electron chi connectivity index (χ4n) is 3.78. The first-order valence-corrected chi connectivity index (χ1v) is 14.4. The lowest BCUT2D eigenvalue weighted by Gasteiger charge is -2.11. The molecule has 1 saturated heterocycles. The van der Waals surface area contributed by atoms with E-state index in [1.807, 2.05) is 0 Å². The van der Waals surface area contributed by atoms with Crippen molar-refractivity contribution in [1.82, 2.24) is 10.6 Å². The van der Waals surface area contributed by atoms with Crippen molar-refractivity contribution < 1.29 is 19.8 Å². The van der Waals surface area contributed by atoms with Gasteiger partial charge >= 0.3 is 11.9 Å². The molecule has 6 nitrogen and oxygen atoms in total. The number of carbonyl (C=O) groups is 2. The zero-order chi connectivity index (χ0) is 25.5. The Balaban J connectivity index is 0. The Hall–Kier alpha value is -1.14. The average molecular weight is 487 g/mol. The zero-order valence-corrected chi connectivity index (χ0v) is 22.7. The van der Waals surface area contributed by atoms with E-state index in [1.54, 1.807) is 0 Å². The standard InChI is InChI=1S/2C12H24O2.C4H10N2/c2*1-2-3-4-5-6-7-8-9-10-11-12(13)14;1-2-6-4-3-5-1/h2*2-11H2,1H3,(H,13,14);5-6H,1-4H2. The van der Waals surface area contributed by atoms with Crippen molar-refractivity contribution in [3.05, 3.63) is 0 Å². The van der Waals surface area contributed by atoms with Crippen molar-refractivity contribution in [3.63, 3.8) is 0 Å². The van der Waals surface area contributed by atoms with Crippen LogP contribution in [0.4, 0.5) is 0 Å². The summed E-state index contributed by atoms with van der Waals surface area (Å²) in [6.45, 7) is 9.01. The van der Waals surface area contributed by atoms with Gasteiger partial charge in [0.15, 0.2) is 0 Å². The van der Waals surface area contributed by atoms with Crippen LogP contribution < -0.4 is 10.6 Å². The highest BCUT2D eigenvalue weighted by Gasteiger charge is 1.97. The molecule has 204 valence electrons. The van der Waals surface area contributed by atoms with Gasteiger partial charge in [0.1, 0.15) is 0 Å². The van der Waals surface area contributed by atoms with Crippen LogP contribution in [0, 0.1) is 0 Å². The van der Waals surface area contributed by atoms with Gasteiger partial charge in [-0.3, -0.25) is 9.59 Å². The lowest BCUT2D eigenvalue weighted by atomic mass is 10.1. The largest absolute Gasteiger partial charge is 0.481 e. The Morgan fingerprint density at radius 1 is 0.471 bits per heavy atom. The van der Waals surface area contributed by atoms with Crippen molar-refractivity contribution in [2.45, 2.75) is 142 Å². The number of hydrogen-bond donors (Lipinski definition) is 4. The zero-order valence-electron chi connectivity index (χ0n) is 22.7. The minimum absolute atomic E-state index is 0.343. The molecule has 0 bridgehead atoms. The molecule has 1 aliphatic heterocycles. The molecule has 0 amide bonds. The smallest absolute Gasteiger partial charge is 0.303 e. The minimum Gasteiger partial charge on any atom is -0.481 e. The summed E-state index contributed by atoms with van der Waals surface area (Å²) in [5, 5.41) is 23.3. The summed E-state index contributed by atoms with van der Waals surface area (Å²) in [4.78, 5) is 20.4. The van der Waals surface area contributed by atoms with Gasteiger partial charge in [-0.15, -0.1) is 0 Å². The van der Waals surface area contributed by atoms with Gasteiger partial charge < -0.3 is 20.8 Å². The first-order chi connectivity index (χ1) is 16.5. The Morgan fingerprint density at radius 2 is 0.706 bits per heavy atom. The highest BCUT2D eigenvalue weighted by molar-refractivity contribution is 5.66. The molecular weight excluding hydrogens is 428 g/mol. The van der Waals surface area contributed by atoms with Crippen LogP contribution in [-0.4, -0.2) is 48.3 Å². The van der Waals surface area contributed by atoms with Crippen LogP contribution in [0.1, 0.15) is 142 Å². The molecule has 0 aromatic heterocycles. The maximum atomic E-state index is 10.2. The number of hydrogen-bond acceptors (Lipinski definition) is 4. The number of piperazine rings is 1. The van der Waals surface area contributed by atoms with Crippen LogP contribution >= 0.6 is 0 Å². The number of nitrogens with one attached hydrogen (secondary N) is 2. The summed E-state index contributed by atoms with van der Waals surface area (Å²) >= 11 is 0. The second-order valence-corrected chi connectivity index (χ2v) is 9.44. The highest BCUT2D eigenvalue weighted by Crippen LogP contribution is 2.11. The van der Waals surface area contributed by atoms with Crippen LogP contribution in [0.5, 0.6) is 0 Å². The normalized spacial score (nSPS) is 12.8. The summed E-state index contributed by atoms with van der Waals surface area (Å²) < 4.78 is 0. The van der Waals surface area contributed by atoms with Gasteiger partial charge in [0, 0.05) is 39.0 Å². The summed E-state index contributed by atoms with van der Waals surface area (Å²) in [5.74, 6) is -1.32. The van der Waals surface area contributed by atoms with Crippen LogP contribution in [0.15, 0.2) is 0 Å². The molecule has 0 aliphatic carbocycles. The summed E-state index contributed by atoms with van der Waals surface area (Å²) in [6.07, 6.45) is 23.0. The predicted molar refractivity (Wildman–Crippen MR) is 145 cm³/mol. The van der Waals surface area contributed by atoms with Gasteiger partial charge in [-0.05, 0) is 12.8 Å². The molecule has 34 heavy (non-hydrogen) atoms. The molecule has 4 N–H and O–H groups in total. The van der Waals surface area contributed by atoms with Gasteiger partial charge in [0.05, 0.1) is 0 Å². The van der Waals surface area contributed by atoms with E-state index in [2.05, 4.69) is 24.5 Å². The Bertz CT molecular complexity index is 372. The molecule has 0 aromatic rings. The van der Waals surface area contributed by atoms with Crippen LogP contribution in [0.25, 0.3) is 0 Å². The van der Waals surface area contributed by atoms with Crippen LogP contribution in [0.2, 0.25) is 0 Å². The third kappa shape index (κ3) is 38.1. The van der Waals surface area contributed by atoms with Gasteiger partial charge in [0.2, 0.25) is 0 Å². The van der Waals surface area contributed by atoms with E-state index in [9.17, 15) is 9.59 Å². The van der Waals surface area contributed by atoms with Crippen LogP contribution in [-0.2, 0) is 9.59 Å². The second-order valence-electron chi connectivity index (χ2n) is 9.44. The molecule has 0 saturated carbocycles. The average Bonchev–Trinajstić information content (AvgIpc) is 2.83. The Kier molecular flexibility index (Phi) is 32.8. The molecule has 6 heteroatoms. The van der Waals surface area contributed by atoms with E-state index in [-0.39, 0.29) is 0 Å². The molecule has 1 aliphatic rings. The third-order valence-corrected chi connectivity index (χ3v) is 5.95. The molecule has 0 radical (unpaired) electrons. The fraction of sp³-hybridized carbons (Fsp3) is 0.929. The molecule has 0 unspecified atom stereocenters. The number of unbranched alkanes of at least 4 members (excludes halogenated alkanes) is 16. The van der Waals surface area contributed by atoms with E-state index in [0.717, 1.165) is 51.9 Å². The van der Waals surface area contributed by atoms with E-state index >= 15 is 0 Å². The van der Waals surface area contributed by atoms with Gasteiger partial charge in [-0.25, -0.2) is 0 Å². The van der Waals surface area contributed by atoms with E-state index in [4.69, 9.17) is 10.2 Å². The number of rotatable bonds is 20. The second kappa shape index (κ2) is 31.9. The molecular formula is C28H58N2O4. The maximum Gasteiger partial charge on any atom is 0.303 e. The SMILES string of the molecule is C1CNCCN1.CCCCCCCCCCCC(=O)O.CCCCCCCCCCCC(=O)O. The Labute approximate surface area is 211 Å². The van der Waals surface area contributed by atoms with Gasteiger partial charge in [-0.2, -0.15) is 0 Å². The topological polar surface area (TPSA) is 98.7 Å². The highest BCUT2D eigenvalue weighted by atomic mass is 16.4. The summed E-state index contributed by atoms with van der Waals surface area (Å²) in [5.41, 5.74) is 0. The van der Waals surface area contributed by atoms with Crippen LogP contribution in [0.3, 0.4) is 0 Å². The first-order valence-electron chi connectivity index (χ1n) is 14.4. The monoisotopic (exact) mass is 486 g/mol. The molecule has 1 rings (SSSR count). The predicted octanol–water partition coefficient (Wildman–Crippen LogP) is 7.16. The molecule has 0 atom stereocenters. The molecule has 1 fully saturated rings. The lowest BCUT2D eigenvalue weighted by molar-refractivity contribution is -0.138. The Morgan fingerprint density at radius 3 is 0.912 bits per heavy atom. The first kappa shape index (κ1) is 35.0. The van der Waals surface area contributed by atoms with Crippen molar-refractivity contribution >= 4 is 11.9 Å². The van der Waals surface area contributed by atoms with Crippen molar-refractivity contribution in [2.24, 2.45) is 0 Å². The summed E-state index contributed by atoms with van der Waals surface area (Å²) in [7, 11) is 0. The van der Waals surface area contributed by atoms with Crippen molar-refractivity contribution in [1.29, 1.82) is 0 Å². The third-order valence-electron chi connectivity index (χ3n) is 5.95. The molecule has 0 spiro atoms. The molecule has 0 aromatic carbocycles. The van der Waals surface area contributed by atoms with Crippen molar-refractivity contribution in [3.8, 4) is 0 Å². The van der Waals surface area contributed by atoms with Gasteiger partial charge in [0.25, 0.3) is 0 Å². The quantitative estimate of drug-likeness (QED) is 0.136. The van der Waals surface area contributed by atoms with E-state index in [0.29, 0.717) is 12.8 Å². The number of carboxylic acids is 2. The lowest BCUT2D eigenvalue weighted by Crippen LogP contribution is -2.39. The maximum absolute atomic E-state index is 10.2. The van der Waals surface area contributed by atoms with E-state index in [1.165, 1.54) is 89.9 Å². The van der Waals surface area contributed by atoms with Gasteiger partial charge in [-0.1, -0.05) is 117 Å². The van der Waals surface area contributed by atoms with Crippen molar-refractivity contribution in [2.75, 3.05) is 26.2 Å². The molecule has 1 heterocycles.